The molecule has 0 radical (unpaired) electrons. The number of hydrogen-bond donors (Lipinski definition) is 1. The van der Waals surface area contributed by atoms with Crippen molar-refractivity contribution in [2.24, 2.45) is 11.8 Å². The highest BCUT2D eigenvalue weighted by molar-refractivity contribution is 8.02. The van der Waals surface area contributed by atoms with Crippen molar-refractivity contribution in [1.82, 2.24) is 9.80 Å². The number of amides is 3. The fourth-order valence-corrected chi connectivity index (χ4v) is 9.27. The van der Waals surface area contributed by atoms with E-state index in [2.05, 4.69) is 32.1 Å². The van der Waals surface area contributed by atoms with E-state index in [0.29, 0.717) is 39.0 Å². The number of carbonyl (C=O) groups excluding carboxylic acids is 3. The summed E-state index contributed by atoms with van der Waals surface area (Å²) in [6.07, 6.45) is 10.3. The van der Waals surface area contributed by atoms with Crippen molar-refractivity contribution in [3.05, 3.63) is 53.6 Å². The molecule has 4 heterocycles. The third-order valence-corrected chi connectivity index (χ3v) is 10.4. The van der Waals surface area contributed by atoms with Gasteiger partial charge in [0.2, 0.25) is 11.8 Å². The Labute approximate surface area is 229 Å². The fraction of sp³-hybridized carbons (Fsp3) is 0.567. The van der Waals surface area contributed by atoms with Gasteiger partial charge in [-0.3, -0.25) is 14.4 Å². The van der Waals surface area contributed by atoms with Crippen LogP contribution in [0.3, 0.4) is 0 Å². The van der Waals surface area contributed by atoms with Crippen molar-refractivity contribution >= 4 is 35.2 Å². The molecule has 0 saturated carbocycles. The van der Waals surface area contributed by atoms with E-state index in [1.54, 1.807) is 16.7 Å². The molecule has 2 fully saturated rings. The van der Waals surface area contributed by atoms with Crippen molar-refractivity contribution < 1.29 is 19.5 Å². The topological polar surface area (TPSA) is 81.2 Å². The summed E-state index contributed by atoms with van der Waals surface area (Å²) >= 11 is 1.63. The Morgan fingerprint density at radius 3 is 2.34 bits per heavy atom. The molecule has 3 amide bonds. The summed E-state index contributed by atoms with van der Waals surface area (Å²) in [6.45, 7) is 10.2. The molecule has 1 aromatic rings. The number of hydrogen-bond acceptors (Lipinski definition) is 5. The van der Waals surface area contributed by atoms with Crippen molar-refractivity contribution in [3.63, 3.8) is 0 Å². The molecule has 4 aliphatic rings. The number of unbranched alkanes of at least 4 members (excludes halogenated alkanes) is 1. The number of nitrogens with zero attached hydrogens (tertiary/aromatic N) is 3. The summed E-state index contributed by atoms with van der Waals surface area (Å²) in [4.78, 5) is 48.4. The van der Waals surface area contributed by atoms with Crippen LogP contribution in [0.25, 0.3) is 0 Å². The molecule has 8 heteroatoms. The Hall–Kier alpha value is -2.58. The lowest BCUT2D eigenvalue weighted by atomic mass is 9.74. The first-order valence-corrected chi connectivity index (χ1v) is 14.6. The highest BCUT2D eigenvalue weighted by Crippen LogP contribution is 2.65. The van der Waals surface area contributed by atoms with E-state index in [1.165, 1.54) is 0 Å². The summed E-state index contributed by atoms with van der Waals surface area (Å²) in [5, 5.41) is 9.43. The molecule has 0 aromatic heterocycles. The molecule has 1 unspecified atom stereocenters. The van der Waals surface area contributed by atoms with Crippen LogP contribution >= 0.6 is 11.8 Å². The zero-order valence-electron chi connectivity index (χ0n) is 22.9. The number of benzene rings is 1. The highest BCUT2D eigenvalue weighted by atomic mass is 32.2. The normalized spacial score (nSPS) is 32.4. The van der Waals surface area contributed by atoms with E-state index in [9.17, 15) is 19.5 Å². The summed E-state index contributed by atoms with van der Waals surface area (Å²) in [5.41, 5.74) is 2.92. The number of aliphatic hydroxyl groups is 1. The molecular formula is C30H39N3O4S. The second-order valence-electron chi connectivity index (χ2n) is 11.2. The summed E-state index contributed by atoms with van der Waals surface area (Å²) < 4.78 is -1.43. The quantitative estimate of drug-likeness (QED) is 0.426. The lowest BCUT2D eigenvalue weighted by Crippen LogP contribution is -2.53. The standard InChI is InChI=1S/C30H39N3O4S/c1-5-15-31-16-9-13-29(4)22(26(31)35)23-27(36)33(17-6-7-19-34)25-28(37)32(18-10-14-30(23,25)38-29)24-20(2)11-8-12-21(24)3/h8-14,22-23,25,34H,5-7,15-19H2,1-4H3/t22-,23-,25?,29+,30-/m0/s1. The average molecular weight is 538 g/mol. The molecule has 204 valence electrons. The minimum absolute atomic E-state index is 0.00901. The zero-order chi connectivity index (χ0) is 27.2. The van der Waals surface area contributed by atoms with Gasteiger partial charge in [-0.2, -0.15) is 0 Å². The average Bonchev–Trinajstić information content (AvgIpc) is 3.14. The van der Waals surface area contributed by atoms with E-state index in [1.807, 2.05) is 47.9 Å². The molecule has 2 saturated heterocycles. The number of likely N-dealkylation sites (tertiary alicyclic amines) is 1. The Bertz CT molecular complexity index is 1180. The van der Waals surface area contributed by atoms with Gasteiger partial charge in [-0.15, -0.1) is 11.8 Å². The molecule has 5 rings (SSSR count). The van der Waals surface area contributed by atoms with Crippen LogP contribution in [-0.2, 0) is 14.4 Å². The van der Waals surface area contributed by atoms with Crippen molar-refractivity contribution in [1.29, 1.82) is 0 Å². The SMILES string of the molecule is CCCN1CC=C[C@@]2(C)S[C@]34C=CCN(c5c(C)cccc5C)C(=O)C3N(CCCCO)C(=O)[C@@H]4[C@H]2C1=O. The molecule has 1 N–H and O–H groups in total. The Balaban J connectivity index is 1.64. The highest BCUT2D eigenvalue weighted by Gasteiger charge is 2.73. The van der Waals surface area contributed by atoms with Crippen molar-refractivity contribution in [3.8, 4) is 0 Å². The van der Waals surface area contributed by atoms with Gasteiger partial charge in [0.05, 0.1) is 16.6 Å². The molecule has 5 atom stereocenters. The van der Waals surface area contributed by atoms with Crippen LogP contribution in [-0.4, -0.2) is 80.9 Å². The number of fused-ring (bicyclic) bond motifs is 2. The van der Waals surface area contributed by atoms with Crippen molar-refractivity contribution in [2.75, 3.05) is 37.7 Å². The lowest BCUT2D eigenvalue weighted by Gasteiger charge is -2.37. The largest absolute Gasteiger partial charge is 0.396 e. The molecule has 1 spiro atoms. The van der Waals surface area contributed by atoms with Crippen LogP contribution in [0, 0.1) is 25.7 Å². The van der Waals surface area contributed by atoms with Gasteiger partial charge >= 0.3 is 0 Å². The van der Waals surface area contributed by atoms with Gasteiger partial charge in [-0.1, -0.05) is 49.4 Å². The van der Waals surface area contributed by atoms with Gasteiger partial charge in [0.1, 0.15) is 6.04 Å². The van der Waals surface area contributed by atoms with Crippen LogP contribution < -0.4 is 4.90 Å². The second kappa shape index (κ2) is 10.2. The number of aryl methyl sites for hydroxylation is 2. The van der Waals surface area contributed by atoms with Gasteiger partial charge < -0.3 is 19.8 Å². The van der Waals surface area contributed by atoms with E-state index < -0.39 is 27.4 Å². The first-order valence-electron chi connectivity index (χ1n) is 13.8. The van der Waals surface area contributed by atoms with Crippen LogP contribution in [0.1, 0.15) is 44.2 Å². The summed E-state index contributed by atoms with van der Waals surface area (Å²) in [6, 6.07) is 5.30. The van der Waals surface area contributed by atoms with E-state index in [0.717, 1.165) is 23.2 Å². The third kappa shape index (κ3) is 4.02. The van der Waals surface area contributed by atoms with Gasteiger partial charge in [0.25, 0.3) is 5.91 Å². The zero-order valence-corrected chi connectivity index (χ0v) is 23.7. The maximum atomic E-state index is 14.6. The van der Waals surface area contributed by atoms with E-state index >= 15 is 0 Å². The third-order valence-electron chi connectivity index (χ3n) is 8.65. The van der Waals surface area contributed by atoms with Gasteiger partial charge in [0.15, 0.2) is 0 Å². The number of carbonyl (C=O) groups is 3. The smallest absolute Gasteiger partial charge is 0.251 e. The maximum absolute atomic E-state index is 14.6. The van der Waals surface area contributed by atoms with Crippen LogP contribution in [0.4, 0.5) is 5.69 Å². The Kier molecular flexibility index (Phi) is 7.24. The molecule has 7 nitrogen and oxygen atoms in total. The number of thioether (sulfide) groups is 1. The molecule has 38 heavy (non-hydrogen) atoms. The van der Waals surface area contributed by atoms with E-state index in [-0.39, 0.29) is 24.3 Å². The number of aliphatic hydroxyl groups excluding tert-OH is 1. The van der Waals surface area contributed by atoms with Crippen LogP contribution in [0.5, 0.6) is 0 Å². The van der Waals surface area contributed by atoms with Crippen LogP contribution in [0.15, 0.2) is 42.5 Å². The number of para-hydroxylation sites is 1. The molecule has 1 aromatic carbocycles. The second-order valence-corrected chi connectivity index (χ2v) is 13.0. The first kappa shape index (κ1) is 27.0. The minimum Gasteiger partial charge on any atom is -0.396 e. The van der Waals surface area contributed by atoms with Gasteiger partial charge in [-0.05, 0) is 51.2 Å². The van der Waals surface area contributed by atoms with E-state index in [4.69, 9.17) is 0 Å². The van der Waals surface area contributed by atoms with Crippen molar-refractivity contribution in [2.45, 2.75) is 62.5 Å². The first-order chi connectivity index (χ1) is 18.2. The molecule has 4 aliphatic heterocycles. The van der Waals surface area contributed by atoms with Gasteiger partial charge in [0, 0.05) is 43.2 Å². The monoisotopic (exact) mass is 537 g/mol. The molecular weight excluding hydrogens is 498 g/mol. The fourth-order valence-electron chi connectivity index (χ4n) is 7.11. The Morgan fingerprint density at radius 1 is 0.947 bits per heavy atom. The van der Waals surface area contributed by atoms with Crippen LogP contribution in [0.2, 0.25) is 0 Å². The number of rotatable bonds is 7. The number of anilines is 1. The Morgan fingerprint density at radius 2 is 1.66 bits per heavy atom. The summed E-state index contributed by atoms with van der Waals surface area (Å²) in [5.74, 6) is -1.36. The molecule has 0 aliphatic carbocycles. The van der Waals surface area contributed by atoms with Gasteiger partial charge in [-0.25, -0.2) is 0 Å². The lowest BCUT2D eigenvalue weighted by molar-refractivity contribution is -0.143. The maximum Gasteiger partial charge on any atom is 0.251 e. The molecule has 0 bridgehead atoms. The minimum atomic E-state index is -0.840. The summed E-state index contributed by atoms with van der Waals surface area (Å²) in [7, 11) is 0. The predicted octanol–water partition coefficient (Wildman–Crippen LogP) is 3.47. The predicted molar refractivity (Wildman–Crippen MR) is 151 cm³/mol.